The van der Waals surface area contributed by atoms with Crippen LogP contribution in [0.15, 0.2) is 0 Å². The topological polar surface area (TPSA) is 83.5 Å². The van der Waals surface area contributed by atoms with E-state index in [9.17, 15) is 17.8 Å². The molecule has 0 aromatic heterocycles. The third kappa shape index (κ3) is 35.0. The van der Waals surface area contributed by atoms with Gasteiger partial charge in [-0.05, 0) is 12.8 Å². The van der Waals surface area contributed by atoms with Crippen LogP contribution in [-0.2, 0) is 19.6 Å². The summed E-state index contributed by atoms with van der Waals surface area (Å²) in [7, 11) is -4.38. The van der Waals surface area contributed by atoms with Crippen molar-refractivity contribution in [2.24, 2.45) is 0 Å². The number of rotatable bonds is 29. The minimum Gasteiger partial charge on any atom is -0.748 e. The number of unbranched alkanes of at least 4 members (excludes halogenated alkanes) is 24. The van der Waals surface area contributed by atoms with Gasteiger partial charge in [0, 0.05) is 6.92 Å². The molecule has 0 aliphatic rings. The van der Waals surface area contributed by atoms with Gasteiger partial charge in [-0.2, -0.15) is 0 Å². The van der Waals surface area contributed by atoms with E-state index in [0.717, 1.165) is 19.3 Å². The first kappa shape index (κ1) is 41.2. The van der Waals surface area contributed by atoms with Crippen LogP contribution < -0.4 is 51.4 Å². The molecule has 0 aliphatic heterocycles. The van der Waals surface area contributed by atoms with Crippen LogP contribution in [0.1, 0.15) is 181 Å². The molecule has 0 N–H and O–H groups in total. The predicted molar refractivity (Wildman–Crippen MR) is 156 cm³/mol. The Morgan fingerprint density at radius 1 is 0.579 bits per heavy atom. The fraction of sp³-hybridized carbons (Fsp3) is 0.968. The molecule has 222 valence electrons. The second kappa shape index (κ2) is 31.0. The zero-order valence-corrected chi connectivity index (χ0v) is 29.6. The van der Waals surface area contributed by atoms with Crippen LogP contribution in [0.25, 0.3) is 0 Å². The molecule has 0 saturated heterocycles. The van der Waals surface area contributed by atoms with E-state index in [1.54, 1.807) is 0 Å². The molecule has 1 atom stereocenters. The summed E-state index contributed by atoms with van der Waals surface area (Å²) in [5.74, 6) is -1.15. The maximum absolute atomic E-state index is 11.1. The average Bonchev–Trinajstić information content (AvgIpc) is 2.82. The number of hydrogen-bond acceptors (Lipinski definition) is 5. The summed E-state index contributed by atoms with van der Waals surface area (Å²) < 4.78 is 37.7. The third-order valence-electron chi connectivity index (χ3n) is 7.35. The average molecular weight is 585 g/mol. The van der Waals surface area contributed by atoms with Gasteiger partial charge in [-0.3, -0.25) is 4.79 Å². The molecule has 0 radical (unpaired) electrons. The standard InChI is InChI=1S/C31H62O5S.K/c1-3-4-5-6-7-8-9-10-11-12-13-14-15-16-17-18-19-20-21-22-23-24-25-26-27-28-31(36-30(2)32)29-37(33,34)35;/h31H,3-29H2,1-2H3,(H,33,34,35);/q;+1/p-1. The molecule has 0 heterocycles. The van der Waals surface area contributed by atoms with Crippen molar-refractivity contribution in [3.63, 3.8) is 0 Å². The van der Waals surface area contributed by atoms with Crippen LogP contribution in [0.5, 0.6) is 0 Å². The summed E-state index contributed by atoms with van der Waals surface area (Å²) in [5.41, 5.74) is 0. The second-order valence-corrected chi connectivity index (χ2v) is 12.7. The van der Waals surface area contributed by atoms with Crippen LogP contribution in [-0.4, -0.2) is 30.8 Å². The monoisotopic (exact) mass is 584 g/mol. The minimum atomic E-state index is -4.38. The number of esters is 1. The van der Waals surface area contributed by atoms with Crippen molar-refractivity contribution >= 4 is 16.1 Å². The van der Waals surface area contributed by atoms with E-state index in [-0.39, 0.29) is 51.4 Å². The molecule has 0 spiro atoms. The summed E-state index contributed by atoms with van der Waals surface area (Å²) in [6, 6.07) is 0. The smallest absolute Gasteiger partial charge is 0.748 e. The van der Waals surface area contributed by atoms with Gasteiger partial charge in [0.15, 0.2) is 0 Å². The fourth-order valence-electron chi connectivity index (χ4n) is 5.15. The van der Waals surface area contributed by atoms with Gasteiger partial charge >= 0.3 is 57.4 Å². The van der Waals surface area contributed by atoms with Crippen molar-refractivity contribution in [2.45, 2.75) is 187 Å². The molecule has 0 rings (SSSR count). The molecule has 0 aliphatic carbocycles. The first-order chi connectivity index (χ1) is 17.8. The van der Waals surface area contributed by atoms with Crippen LogP contribution in [0.4, 0.5) is 0 Å². The largest absolute Gasteiger partial charge is 1.00 e. The van der Waals surface area contributed by atoms with E-state index in [4.69, 9.17) is 4.74 Å². The van der Waals surface area contributed by atoms with Gasteiger partial charge in [-0.25, -0.2) is 8.42 Å². The molecule has 38 heavy (non-hydrogen) atoms. The Morgan fingerprint density at radius 2 is 0.842 bits per heavy atom. The fourth-order valence-corrected chi connectivity index (χ4v) is 5.84. The number of hydrogen-bond donors (Lipinski definition) is 0. The second-order valence-electron chi connectivity index (χ2n) is 11.2. The third-order valence-corrected chi connectivity index (χ3v) is 8.13. The summed E-state index contributed by atoms with van der Waals surface area (Å²) in [4.78, 5) is 11.1. The number of carbonyl (C=O) groups excluding carboxylic acids is 1. The van der Waals surface area contributed by atoms with Crippen molar-refractivity contribution in [2.75, 3.05) is 5.75 Å². The van der Waals surface area contributed by atoms with Gasteiger partial charge in [0.2, 0.25) is 0 Å². The molecule has 0 fully saturated rings. The number of carbonyl (C=O) groups is 1. The van der Waals surface area contributed by atoms with E-state index in [1.165, 1.54) is 148 Å². The molecule has 0 bridgehead atoms. The van der Waals surface area contributed by atoms with Crippen molar-refractivity contribution in [1.82, 2.24) is 0 Å². The van der Waals surface area contributed by atoms with Gasteiger partial charge < -0.3 is 9.29 Å². The van der Waals surface area contributed by atoms with Crippen LogP contribution in [0, 0.1) is 0 Å². The zero-order chi connectivity index (χ0) is 27.5. The Labute approximate surface area is 280 Å². The molecule has 0 aromatic carbocycles. The molecular formula is C31H61KO5S. The first-order valence-corrected chi connectivity index (χ1v) is 17.5. The molecule has 0 amide bonds. The molecular weight excluding hydrogens is 524 g/mol. The van der Waals surface area contributed by atoms with Crippen LogP contribution in [0.2, 0.25) is 0 Å². The SMILES string of the molecule is CCCCCCCCCCCCCCCCCCCCCCCCCCCC(CS(=O)(=O)[O-])OC(C)=O.[K+]. The zero-order valence-electron chi connectivity index (χ0n) is 25.6. The Kier molecular flexibility index (Phi) is 33.5. The van der Waals surface area contributed by atoms with Gasteiger partial charge in [-0.15, -0.1) is 0 Å². The minimum absolute atomic E-state index is 0. The van der Waals surface area contributed by atoms with Crippen molar-refractivity contribution in [1.29, 1.82) is 0 Å². The summed E-state index contributed by atoms with van der Waals surface area (Å²) >= 11 is 0. The van der Waals surface area contributed by atoms with Crippen LogP contribution in [0.3, 0.4) is 0 Å². The Hall–Kier alpha value is 1.02. The Bertz CT molecular complexity index is 597. The van der Waals surface area contributed by atoms with E-state index in [1.807, 2.05) is 0 Å². The van der Waals surface area contributed by atoms with Crippen molar-refractivity contribution in [3.8, 4) is 0 Å². The van der Waals surface area contributed by atoms with Gasteiger partial charge in [-0.1, -0.05) is 161 Å². The maximum atomic E-state index is 11.1. The van der Waals surface area contributed by atoms with Gasteiger partial charge in [0.25, 0.3) is 0 Å². The van der Waals surface area contributed by atoms with E-state index in [2.05, 4.69) is 6.92 Å². The summed E-state index contributed by atoms with van der Waals surface area (Å²) in [6.45, 7) is 3.53. The van der Waals surface area contributed by atoms with E-state index in [0.29, 0.717) is 6.42 Å². The molecule has 0 saturated carbocycles. The molecule has 7 heteroatoms. The first-order valence-electron chi connectivity index (χ1n) is 16.0. The van der Waals surface area contributed by atoms with E-state index < -0.39 is 27.9 Å². The number of ether oxygens (including phenoxy) is 1. The maximum Gasteiger partial charge on any atom is 1.00 e. The van der Waals surface area contributed by atoms with Crippen molar-refractivity contribution < 1.29 is 73.9 Å². The van der Waals surface area contributed by atoms with Gasteiger partial charge in [0.05, 0.1) is 15.9 Å². The predicted octanol–water partition coefficient (Wildman–Crippen LogP) is 6.63. The Morgan fingerprint density at radius 3 is 1.08 bits per heavy atom. The summed E-state index contributed by atoms with van der Waals surface area (Å²) in [6.07, 6.45) is 33.1. The van der Waals surface area contributed by atoms with Crippen molar-refractivity contribution in [3.05, 3.63) is 0 Å². The Balaban J connectivity index is 0. The normalized spacial score (nSPS) is 12.3. The van der Waals surface area contributed by atoms with Crippen LogP contribution >= 0.6 is 0 Å². The molecule has 1 unspecified atom stereocenters. The summed E-state index contributed by atoms with van der Waals surface area (Å²) in [5, 5.41) is 0. The van der Waals surface area contributed by atoms with Gasteiger partial charge in [0.1, 0.15) is 6.10 Å². The quantitative estimate of drug-likeness (QED) is 0.0426. The van der Waals surface area contributed by atoms with E-state index >= 15 is 0 Å². The molecule has 5 nitrogen and oxygen atoms in total. The molecule has 0 aromatic rings.